The zero-order valence-corrected chi connectivity index (χ0v) is 25.1. The van der Waals surface area contributed by atoms with Crippen LogP contribution in [0.5, 0.6) is 5.75 Å². The van der Waals surface area contributed by atoms with E-state index < -0.39 is 11.8 Å². The molecule has 0 saturated heterocycles. The number of benzene rings is 4. The van der Waals surface area contributed by atoms with Crippen LogP contribution in [0.25, 0.3) is 17.0 Å². The molecule has 0 bridgehead atoms. The van der Waals surface area contributed by atoms with Gasteiger partial charge in [-0.1, -0.05) is 55.5 Å². The van der Waals surface area contributed by atoms with Gasteiger partial charge < -0.3 is 25.7 Å². The molecule has 222 valence electrons. The first-order valence-corrected chi connectivity index (χ1v) is 15.0. The van der Waals surface area contributed by atoms with Gasteiger partial charge in [-0.2, -0.15) is 0 Å². The molecule has 4 aromatic carbocycles. The van der Waals surface area contributed by atoms with Crippen molar-refractivity contribution in [1.82, 2.24) is 10.3 Å². The third-order valence-corrected chi connectivity index (χ3v) is 8.18. The van der Waals surface area contributed by atoms with Crippen LogP contribution < -0.4 is 20.7 Å². The van der Waals surface area contributed by atoms with Crippen LogP contribution >= 0.6 is 11.8 Å². The number of thioether (sulfide) groups is 1. The number of amides is 3. The van der Waals surface area contributed by atoms with E-state index in [1.54, 1.807) is 55.7 Å². The van der Waals surface area contributed by atoms with Gasteiger partial charge in [0, 0.05) is 39.1 Å². The van der Waals surface area contributed by atoms with Gasteiger partial charge in [0.25, 0.3) is 11.8 Å². The van der Waals surface area contributed by atoms with Crippen molar-refractivity contribution in [3.8, 4) is 5.75 Å². The van der Waals surface area contributed by atoms with Gasteiger partial charge in [0.15, 0.2) is 0 Å². The number of hydrogen-bond donors (Lipinski definition) is 4. The number of anilines is 2. The van der Waals surface area contributed by atoms with E-state index in [9.17, 15) is 14.4 Å². The predicted octanol–water partition coefficient (Wildman–Crippen LogP) is 7.10. The van der Waals surface area contributed by atoms with Crippen LogP contribution in [-0.4, -0.2) is 35.1 Å². The van der Waals surface area contributed by atoms with E-state index >= 15 is 0 Å². The average Bonchev–Trinajstić information content (AvgIpc) is 3.52. The van der Waals surface area contributed by atoms with Crippen molar-refractivity contribution in [2.75, 3.05) is 17.7 Å². The molecule has 0 saturated carbocycles. The minimum absolute atomic E-state index is 0.0475. The van der Waals surface area contributed by atoms with Crippen molar-refractivity contribution >= 4 is 57.8 Å². The van der Waals surface area contributed by atoms with Crippen LogP contribution in [0.15, 0.2) is 120 Å². The summed E-state index contributed by atoms with van der Waals surface area (Å²) >= 11 is 1.41. The molecule has 44 heavy (non-hydrogen) atoms. The van der Waals surface area contributed by atoms with Gasteiger partial charge in [-0.25, -0.2) is 0 Å². The first kappa shape index (κ1) is 30.2. The summed E-state index contributed by atoms with van der Waals surface area (Å²) in [6.45, 7) is 1.96. The molecular formula is C35H32N4O4S. The topological polar surface area (TPSA) is 112 Å². The number of ether oxygens (including phenoxy) is 1. The Morgan fingerprint density at radius 1 is 0.864 bits per heavy atom. The summed E-state index contributed by atoms with van der Waals surface area (Å²) in [5.74, 6) is -0.476. The van der Waals surface area contributed by atoms with E-state index in [1.165, 1.54) is 11.8 Å². The number of aromatic amines is 1. The molecule has 9 heteroatoms. The number of carbonyl (C=O) groups is 3. The Kier molecular flexibility index (Phi) is 9.78. The van der Waals surface area contributed by atoms with E-state index in [2.05, 4.69) is 20.9 Å². The number of hydrogen-bond acceptors (Lipinski definition) is 5. The number of fused-ring (bicyclic) bond motifs is 1. The molecule has 5 rings (SSSR count). The van der Waals surface area contributed by atoms with Crippen molar-refractivity contribution in [1.29, 1.82) is 0 Å². The second kappa shape index (κ2) is 14.3. The molecule has 0 aliphatic carbocycles. The third-order valence-electron chi connectivity index (χ3n) is 6.82. The Balaban J connectivity index is 1.32. The van der Waals surface area contributed by atoms with Gasteiger partial charge in [0.2, 0.25) is 5.91 Å². The number of para-hydroxylation sites is 1. The lowest BCUT2D eigenvalue weighted by molar-refractivity contribution is -0.116. The van der Waals surface area contributed by atoms with Crippen LogP contribution in [0.3, 0.4) is 0 Å². The molecule has 0 spiro atoms. The Bertz CT molecular complexity index is 1820. The van der Waals surface area contributed by atoms with E-state index in [1.807, 2.05) is 73.8 Å². The number of aromatic nitrogens is 1. The highest BCUT2D eigenvalue weighted by molar-refractivity contribution is 8.00. The smallest absolute Gasteiger partial charge is 0.272 e. The summed E-state index contributed by atoms with van der Waals surface area (Å²) in [6, 6.07) is 30.9. The second-order valence-electron chi connectivity index (χ2n) is 9.89. The lowest BCUT2D eigenvalue weighted by atomic mass is 10.1. The molecule has 0 radical (unpaired) electrons. The highest BCUT2D eigenvalue weighted by Gasteiger charge is 2.20. The number of methoxy groups -OCH3 is 1. The molecule has 0 aliphatic rings. The zero-order valence-electron chi connectivity index (χ0n) is 24.3. The fraction of sp³-hybridized carbons (Fsp3) is 0.114. The summed E-state index contributed by atoms with van der Waals surface area (Å²) < 4.78 is 5.44. The van der Waals surface area contributed by atoms with Crippen LogP contribution in [0.1, 0.15) is 29.3 Å². The standard InChI is InChI=1S/C35H32N4O4S/c1-3-32(35(42)38-27-17-16-23-18-19-36-29(23)22-27)44-28-14-9-13-26(21-28)37-34(41)30(20-25-12-7-8-15-31(25)43-2)39-33(40)24-10-5-4-6-11-24/h4-22,32,36H,3H2,1-2H3,(H,37,41)(H,38,42)(H,39,40)/b30-20+. The molecule has 4 N–H and O–H groups in total. The van der Waals surface area contributed by atoms with Gasteiger partial charge in [0.1, 0.15) is 11.4 Å². The average molecular weight is 605 g/mol. The summed E-state index contributed by atoms with van der Waals surface area (Å²) in [4.78, 5) is 43.7. The maximum Gasteiger partial charge on any atom is 0.272 e. The molecule has 0 aliphatic heterocycles. The van der Waals surface area contributed by atoms with Gasteiger partial charge in [-0.15, -0.1) is 11.8 Å². The molecule has 1 aromatic heterocycles. The summed E-state index contributed by atoms with van der Waals surface area (Å²) in [7, 11) is 1.54. The normalized spacial score (nSPS) is 11.9. The monoisotopic (exact) mass is 604 g/mol. The number of nitrogens with one attached hydrogen (secondary N) is 4. The Morgan fingerprint density at radius 2 is 1.64 bits per heavy atom. The first-order valence-electron chi connectivity index (χ1n) is 14.1. The Morgan fingerprint density at radius 3 is 2.43 bits per heavy atom. The first-order chi connectivity index (χ1) is 21.4. The Hall–Kier alpha value is -5.28. The van der Waals surface area contributed by atoms with Crippen molar-refractivity contribution < 1.29 is 19.1 Å². The highest BCUT2D eigenvalue weighted by atomic mass is 32.2. The van der Waals surface area contributed by atoms with E-state index in [4.69, 9.17) is 4.74 Å². The zero-order chi connectivity index (χ0) is 30.9. The van der Waals surface area contributed by atoms with E-state index in [-0.39, 0.29) is 16.9 Å². The molecule has 5 aromatic rings. The highest BCUT2D eigenvalue weighted by Crippen LogP contribution is 2.29. The third kappa shape index (κ3) is 7.56. The molecule has 3 amide bonds. The molecule has 1 atom stereocenters. The van der Waals surface area contributed by atoms with E-state index in [0.717, 1.165) is 21.5 Å². The largest absolute Gasteiger partial charge is 0.496 e. The molecular weight excluding hydrogens is 572 g/mol. The molecule has 1 heterocycles. The van der Waals surface area contributed by atoms with Gasteiger partial charge >= 0.3 is 0 Å². The fourth-order valence-electron chi connectivity index (χ4n) is 4.56. The van der Waals surface area contributed by atoms with Crippen molar-refractivity contribution in [2.24, 2.45) is 0 Å². The fourth-order valence-corrected chi connectivity index (χ4v) is 5.58. The molecule has 0 fully saturated rings. The van der Waals surface area contributed by atoms with Crippen LogP contribution in [0.2, 0.25) is 0 Å². The quantitative estimate of drug-likeness (QED) is 0.0950. The maximum atomic E-state index is 13.5. The van der Waals surface area contributed by atoms with E-state index in [0.29, 0.717) is 29.0 Å². The van der Waals surface area contributed by atoms with Crippen LogP contribution in [-0.2, 0) is 9.59 Å². The van der Waals surface area contributed by atoms with Crippen molar-refractivity contribution in [3.05, 3.63) is 126 Å². The maximum absolute atomic E-state index is 13.5. The number of H-pyrrole nitrogens is 1. The van der Waals surface area contributed by atoms with Crippen molar-refractivity contribution in [3.63, 3.8) is 0 Å². The predicted molar refractivity (Wildman–Crippen MR) is 177 cm³/mol. The SMILES string of the molecule is CCC(Sc1cccc(NC(=O)/C(=C\c2ccccc2OC)NC(=O)c2ccccc2)c1)C(=O)Nc1ccc2cc[nH]c2c1. The van der Waals surface area contributed by atoms with Crippen LogP contribution in [0, 0.1) is 0 Å². The summed E-state index contributed by atoms with van der Waals surface area (Å²) in [5.41, 5.74) is 3.29. The summed E-state index contributed by atoms with van der Waals surface area (Å²) in [6.07, 6.45) is 4.05. The summed E-state index contributed by atoms with van der Waals surface area (Å²) in [5, 5.41) is 9.37. The number of rotatable bonds is 11. The number of carbonyl (C=O) groups excluding carboxylic acids is 3. The second-order valence-corrected chi connectivity index (χ2v) is 11.2. The lowest BCUT2D eigenvalue weighted by Crippen LogP contribution is -2.30. The molecule has 1 unspecified atom stereocenters. The van der Waals surface area contributed by atoms with Gasteiger partial charge in [0.05, 0.1) is 12.4 Å². The van der Waals surface area contributed by atoms with Gasteiger partial charge in [-0.3, -0.25) is 14.4 Å². The lowest BCUT2D eigenvalue weighted by Gasteiger charge is -2.16. The minimum atomic E-state index is -0.508. The Labute approximate surface area is 259 Å². The minimum Gasteiger partial charge on any atom is -0.496 e. The molecule has 8 nitrogen and oxygen atoms in total. The van der Waals surface area contributed by atoms with Gasteiger partial charge in [-0.05, 0) is 72.5 Å². The van der Waals surface area contributed by atoms with Crippen molar-refractivity contribution in [2.45, 2.75) is 23.5 Å². The van der Waals surface area contributed by atoms with Crippen LogP contribution in [0.4, 0.5) is 11.4 Å².